The minimum absolute atomic E-state index is 0.0964. The highest BCUT2D eigenvalue weighted by molar-refractivity contribution is 5.90. The summed E-state index contributed by atoms with van der Waals surface area (Å²) in [5, 5.41) is 8.27. The molecule has 0 saturated heterocycles. The summed E-state index contributed by atoms with van der Waals surface area (Å²) >= 11 is 0. The van der Waals surface area contributed by atoms with Crippen molar-refractivity contribution in [1.82, 2.24) is 15.6 Å². The third-order valence-electron chi connectivity index (χ3n) is 3.36. The number of aryl methyl sites for hydroxylation is 1. The Balaban J connectivity index is 1.65. The third kappa shape index (κ3) is 5.55. The van der Waals surface area contributed by atoms with E-state index in [-0.39, 0.29) is 24.4 Å². The van der Waals surface area contributed by atoms with E-state index < -0.39 is 0 Å². The van der Waals surface area contributed by atoms with Gasteiger partial charge in [-0.15, -0.1) is 0 Å². The number of nitrogens with zero attached hydrogens (tertiary/aromatic N) is 1. The second kappa shape index (κ2) is 8.17. The molecule has 0 aromatic carbocycles. The van der Waals surface area contributed by atoms with Gasteiger partial charge in [0.25, 0.3) is 0 Å². The molecule has 0 fully saturated rings. The van der Waals surface area contributed by atoms with Crippen molar-refractivity contribution in [1.29, 1.82) is 0 Å². The third-order valence-corrected chi connectivity index (χ3v) is 3.36. The Hall–Kier alpha value is -2.37. The van der Waals surface area contributed by atoms with Crippen molar-refractivity contribution in [3.8, 4) is 0 Å². The summed E-state index contributed by atoms with van der Waals surface area (Å²) in [4.78, 5) is 27.7. The van der Waals surface area contributed by atoms with Gasteiger partial charge in [0.15, 0.2) is 0 Å². The Morgan fingerprint density at radius 1 is 1.36 bits per heavy atom. The molecule has 0 unspecified atom stereocenters. The molecule has 0 radical (unpaired) electrons. The van der Waals surface area contributed by atoms with Gasteiger partial charge in [-0.25, -0.2) is 9.78 Å². The molecule has 1 aromatic rings. The van der Waals surface area contributed by atoms with Gasteiger partial charge in [-0.1, -0.05) is 18.2 Å². The lowest BCUT2D eigenvalue weighted by Crippen LogP contribution is -2.42. The van der Waals surface area contributed by atoms with Crippen molar-refractivity contribution in [2.24, 2.45) is 0 Å². The summed E-state index contributed by atoms with van der Waals surface area (Å²) in [5.41, 5.74) is 0.843. The Kier molecular flexibility index (Phi) is 5.94. The summed E-state index contributed by atoms with van der Waals surface area (Å²) in [6, 6.07) is 5.29. The molecule has 0 aliphatic heterocycles. The molecule has 1 atom stereocenters. The summed E-state index contributed by atoms with van der Waals surface area (Å²) in [7, 11) is 0. The van der Waals surface area contributed by atoms with E-state index in [4.69, 9.17) is 0 Å². The van der Waals surface area contributed by atoms with Crippen LogP contribution in [0.15, 0.2) is 30.4 Å². The SMILES string of the molecule is Cc1cccc(NC(=O)CCNC(=O)N[C@H]2C=CCCC2)n1. The molecule has 0 bridgehead atoms. The van der Waals surface area contributed by atoms with Crippen LogP contribution in [0, 0.1) is 6.92 Å². The average Bonchev–Trinajstić information content (AvgIpc) is 2.48. The second-order valence-electron chi connectivity index (χ2n) is 5.33. The predicted molar refractivity (Wildman–Crippen MR) is 85.5 cm³/mol. The molecule has 6 heteroatoms. The molecule has 1 aliphatic carbocycles. The Morgan fingerprint density at radius 3 is 2.95 bits per heavy atom. The summed E-state index contributed by atoms with van der Waals surface area (Å²) in [5.74, 6) is 0.359. The summed E-state index contributed by atoms with van der Waals surface area (Å²) in [6.45, 7) is 2.15. The van der Waals surface area contributed by atoms with Crippen molar-refractivity contribution in [3.63, 3.8) is 0 Å². The number of nitrogens with one attached hydrogen (secondary N) is 3. The van der Waals surface area contributed by atoms with E-state index in [1.807, 2.05) is 25.1 Å². The zero-order chi connectivity index (χ0) is 15.8. The number of pyridine rings is 1. The standard InChI is InChI=1S/C16H22N4O2/c1-12-6-5-9-14(18-12)20-15(21)10-11-17-16(22)19-13-7-3-2-4-8-13/h3,5-7,9,13H,2,4,8,10-11H2,1H3,(H2,17,19,22)(H,18,20,21)/t13-/m0/s1. The molecule has 22 heavy (non-hydrogen) atoms. The van der Waals surface area contributed by atoms with E-state index in [0.717, 1.165) is 25.0 Å². The van der Waals surface area contributed by atoms with Crippen molar-refractivity contribution < 1.29 is 9.59 Å². The van der Waals surface area contributed by atoms with Gasteiger partial charge in [-0.2, -0.15) is 0 Å². The molecule has 0 saturated carbocycles. The first-order valence-electron chi connectivity index (χ1n) is 7.58. The first-order valence-corrected chi connectivity index (χ1v) is 7.58. The number of aromatic nitrogens is 1. The van der Waals surface area contributed by atoms with E-state index in [1.54, 1.807) is 6.07 Å². The van der Waals surface area contributed by atoms with Crippen LogP contribution in [0.2, 0.25) is 0 Å². The fourth-order valence-electron chi connectivity index (χ4n) is 2.26. The first kappa shape index (κ1) is 16.0. The Bertz CT molecular complexity index is 557. The number of amides is 3. The van der Waals surface area contributed by atoms with E-state index in [9.17, 15) is 9.59 Å². The van der Waals surface area contributed by atoms with Crippen molar-refractivity contribution in [2.45, 2.75) is 38.6 Å². The zero-order valence-corrected chi connectivity index (χ0v) is 12.8. The smallest absolute Gasteiger partial charge is 0.315 e. The van der Waals surface area contributed by atoms with E-state index in [2.05, 4.69) is 27.0 Å². The minimum atomic E-state index is -0.238. The second-order valence-corrected chi connectivity index (χ2v) is 5.33. The van der Waals surface area contributed by atoms with Crippen LogP contribution in [0.5, 0.6) is 0 Å². The van der Waals surface area contributed by atoms with Gasteiger partial charge >= 0.3 is 6.03 Å². The van der Waals surface area contributed by atoms with E-state index >= 15 is 0 Å². The molecule has 1 aliphatic rings. The molecular formula is C16H22N4O2. The maximum atomic E-state index is 11.8. The minimum Gasteiger partial charge on any atom is -0.338 e. The maximum Gasteiger partial charge on any atom is 0.315 e. The molecular weight excluding hydrogens is 280 g/mol. The number of rotatable bonds is 5. The van der Waals surface area contributed by atoms with E-state index in [1.165, 1.54) is 0 Å². The van der Waals surface area contributed by atoms with Crippen LogP contribution in [0.4, 0.5) is 10.6 Å². The van der Waals surface area contributed by atoms with Crippen LogP contribution in [-0.4, -0.2) is 29.5 Å². The summed E-state index contributed by atoms with van der Waals surface area (Å²) in [6.07, 6.45) is 7.43. The lowest BCUT2D eigenvalue weighted by Gasteiger charge is -2.18. The number of hydrogen-bond acceptors (Lipinski definition) is 3. The van der Waals surface area contributed by atoms with Gasteiger partial charge in [0.2, 0.25) is 5.91 Å². The largest absolute Gasteiger partial charge is 0.338 e. The fourth-order valence-corrected chi connectivity index (χ4v) is 2.26. The van der Waals surface area contributed by atoms with Crippen LogP contribution in [-0.2, 0) is 4.79 Å². The molecule has 2 rings (SSSR count). The first-order chi connectivity index (χ1) is 10.6. The van der Waals surface area contributed by atoms with Gasteiger partial charge in [0.1, 0.15) is 5.82 Å². The lowest BCUT2D eigenvalue weighted by atomic mass is 10.0. The van der Waals surface area contributed by atoms with Crippen molar-refractivity contribution >= 4 is 17.8 Å². The quantitative estimate of drug-likeness (QED) is 0.729. The van der Waals surface area contributed by atoms with Crippen molar-refractivity contribution in [2.75, 3.05) is 11.9 Å². The highest BCUT2D eigenvalue weighted by atomic mass is 16.2. The highest BCUT2D eigenvalue weighted by Gasteiger charge is 2.11. The van der Waals surface area contributed by atoms with Gasteiger partial charge in [-0.3, -0.25) is 4.79 Å². The number of carbonyl (C=O) groups is 2. The van der Waals surface area contributed by atoms with Crippen molar-refractivity contribution in [3.05, 3.63) is 36.0 Å². The number of anilines is 1. The molecule has 3 N–H and O–H groups in total. The average molecular weight is 302 g/mol. The highest BCUT2D eigenvalue weighted by Crippen LogP contribution is 2.09. The number of carbonyl (C=O) groups excluding carboxylic acids is 2. The summed E-state index contributed by atoms with van der Waals surface area (Å²) < 4.78 is 0. The normalized spacial score (nSPS) is 16.9. The van der Waals surface area contributed by atoms with Crippen LogP contribution < -0.4 is 16.0 Å². The van der Waals surface area contributed by atoms with Gasteiger partial charge < -0.3 is 16.0 Å². The fraction of sp³-hybridized carbons (Fsp3) is 0.438. The molecule has 1 heterocycles. The number of allylic oxidation sites excluding steroid dienone is 1. The van der Waals surface area contributed by atoms with Crippen LogP contribution in [0.25, 0.3) is 0 Å². The number of urea groups is 1. The lowest BCUT2D eigenvalue weighted by molar-refractivity contribution is -0.116. The van der Waals surface area contributed by atoms with E-state index in [0.29, 0.717) is 12.4 Å². The number of hydrogen-bond donors (Lipinski definition) is 3. The monoisotopic (exact) mass is 302 g/mol. The van der Waals surface area contributed by atoms with Gasteiger partial charge in [0.05, 0.1) is 0 Å². The topological polar surface area (TPSA) is 83.1 Å². The van der Waals surface area contributed by atoms with Crippen LogP contribution in [0.3, 0.4) is 0 Å². The predicted octanol–water partition coefficient (Wildman–Crippen LogP) is 2.13. The van der Waals surface area contributed by atoms with Gasteiger partial charge in [0, 0.05) is 24.7 Å². The van der Waals surface area contributed by atoms with Crippen LogP contribution in [0.1, 0.15) is 31.4 Å². The zero-order valence-electron chi connectivity index (χ0n) is 12.8. The molecule has 118 valence electrons. The maximum absolute atomic E-state index is 11.8. The molecule has 3 amide bonds. The Morgan fingerprint density at radius 2 is 2.23 bits per heavy atom. The van der Waals surface area contributed by atoms with Gasteiger partial charge in [-0.05, 0) is 38.3 Å². The Labute approximate surface area is 130 Å². The molecule has 0 spiro atoms. The molecule has 1 aromatic heterocycles. The van der Waals surface area contributed by atoms with Crippen LogP contribution >= 0.6 is 0 Å². The molecule has 6 nitrogen and oxygen atoms in total.